The Morgan fingerprint density at radius 3 is 2.81 bits per heavy atom. The molecule has 0 spiro atoms. The summed E-state index contributed by atoms with van der Waals surface area (Å²) >= 11 is 0. The van der Waals surface area contributed by atoms with Gasteiger partial charge in [0.25, 0.3) is 5.91 Å². The van der Waals surface area contributed by atoms with E-state index in [9.17, 15) is 4.79 Å². The predicted octanol–water partition coefficient (Wildman–Crippen LogP) is 2.19. The molecule has 1 unspecified atom stereocenters. The van der Waals surface area contributed by atoms with Gasteiger partial charge in [-0.1, -0.05) is 6.07 Å². The van der Waals surface area contributed by atoms with E-state index in [1.165, 1.54) is 0 Å². The number of anilines is 1. The zero-order valence-corrected chi connectivity index (χ0v) is 12.6. The molecule has 0 radical (unpaired) electrons. The average Bonchev–Trinajstić information content (AvgIpc) is 2.47. The van der Waals surface area contributed by atoms with Gasteiger partial charge in [0.15, 0.2) is 0 Å². The van der Waals surface area contributed by atoms with Crippen molar-refractivity contribution >= 4 is 11.7 Å². The maximum Gasteiger partial charge on any atom is 0.255 e. The van der Waals surface area contributed by atoms with Crippen LogP contribution in [0, 0.1) is 6.92 Å². The van der Waals surface area contributed by atoms with Crippen molar-refractivity contribution in [1.82, 2.24) is 15.3 Å². The van der Waals surface area contributed by atoms with Crippen LogP contribution >= 0.6 is 0 Å². The Morgan fingerprint density at radius 1 is 1.29 bits per heavy atom. The number of hydrogen-bond donors (Lipinski definition) is 2. The number of amides is 1. The smallest absolute Gasteiger partial charge is 0.255 e. The van der Waals surface area contributed by atoms with Gasteiger partial charge in [0.2, 0.25) is 0 Å². The maximum absolute atomic E-state index is 12.3. The molecular weight excluding hydrogens is 264 g/mol. The van der Waals surface area contributed by atoms with Crippen molar-refractivity contribution in [2.75, 3.05) is 12.4 Å². The fourth-order valence-electron chi connectivity index (χ4n) is 2.17. The molecule has 1 atom stereocenters. The van der Waals surface area contributed by atoms with Gasteiger partial charge in [-0.2, -0.15) is 0 Å². The number of aryl methyl sites for hydroxylation is 1. The van der Waals surface area contributed by atoms with Crippen LogP contribution in [0.5, 0.6) is 0 Å². The molecular formula is C16H20N4O. The van der Waals surface area contributed by atoms with Crippen molar-refractivity contribution in [3.63, 3.8) is 0 Å². The van der Waals surface area contributed by atoms with Crippen molar-refractivity contribution in [3.05, 3.63) is 53.5 Å². The molecule has 0 saturated carbocycles. The molecule has 2 heterocycles. The number of aromatic nitrogens is 2. The molecule has 1 amide bonds. The van der Waals surface area contributed by atoms with Crippen LogP contribution in [-0.2, 0) is 6.42 Å². The average molecular weight is 284 g/mol. The van der Waals surface area contributed by atoms with Crippen molar-refractivity contribution in [2.24, 2.45) is 0 Å². The quantitative estimate of drug-likeness (QED) is 0.883. The SMILES string of the molecule is CNc1ncccc1C(=O)NC(C)Cc1cccc(C)n1. The number of nitrogens with zero attached hydrogens (tertiary/aromatic N) is 2. The summed E-state index contributed by atoms with van der Waals surface area (Å²) in [6, 6.07) is 9.41. The minimum Gasteiger partial charge on any atom is -0.372 e. The number of pyridine rings is 2. The predicted molar refractivity (Wildman–Crippen MR) is 83.4 cm³/mol. The minimum absolute atomic E-state index is 0.00304. The van der Waals surface area contributed by atoms with Crippen molar-refractivity contribution < 1.29 is 4.79 Å². The number of carbonyl (C=O) groups excluding carboxylic acids is 1. The molecule has 5 heteroatoms. The van der Waals surface area contributed by atoms with Gasteiger partial charge >= 0.3 is 0 Å². The van der Waals surface area contributed by atoms with Gasteiger partial charge in [0.1, 0.15) is 5.82 Å². The van der Waals surface area contributed by atoms with E-state index in [0.29, 0.717) is 17.8 Å². The second kappa shape index (κ2) is 6.83. The number of nitrogens with one attached hydrogen (secondary N) is 2. The number of hydrogen-bond acceptors (Lipinski definition) is 4. The lowest BCUT2D eigenvalue weighted by atomic mass is 10.1. The lowest BCUT2D eigenvalue weighted by Crippen LogP contribution is -2.34. The van der Waals surface area contributed by atoms with Crippen LogP contribution in [0.2, 0.25) is 0 Å². The highest BCUT2D eigenvalue weighted by molar-refractivity contribution is 5.98. The first-order valence-electron chi connectivity index (χ1n) is 6.96. The molecule has 2 aromatic heterocycles. The third-order valence-corrected chi connectivity index (χ3v) is 3.13. The highest BCUT2D eigenvalue weighted by atomic mass is 16.1. The highest BCUT2D eigenvalue weighted by Crippen LogP contribution is 2.11. The van der Waals surface area contributed by atoms with Crippen LogP contribution in [-0.4, -0.2) is 29.0 Å². The Bertz CT molecular complexity index is 627. The van der Waals surface area contributed by atoms with Crippen LogP contribution in [0.4, 0.5) is 5.82 Å². The molecule has 0 aromatic carbocycles. The third kappa shape index (κ3) is 4.02. The Balaban J connectivity index is 2.02. The fraction of sp³-hybridized carbons (Fsp3) is 0.312. The summed E-state index contributed by atoms with van der Waals surface area (Å²) < 4.78 is 0. The fourth-order valence-corrected chi connectivity index (χ4v) is 2.17. The van der Waals surface area contributed by atoms with Gasteiger partial charge in [-0.15, -0.1) is 0 Å². The minimum atomic E-state index is -0.132. The van der Waals surface area contributed by atoms with Gasteiger partial charge in [-0.3, -0.25) is 9.78 Å². The Labute approximate surface area is 124 Å². The molecule has 2 rings (SSSR count). The van der Waals surface area contributed by atoms with E-state index in [1.807, 2.05) is 32.0 Å². The molecule has 0 aliphatic carbocycles. The molecule has 0 aliphatic rings. The van der Waals surface area contributed by atoms with Gasteiger partial charge < -0.3 is 10.6 Å². The van der Waals surface area contributed by atoms with E-state index < -0.39 is 0 Å². The van der Waals surface area contributed by atoms with Gasteiger partial charge in [0.05, 0.1) is 5.56 Å². The van der Waals surface area contributed by atoms with Crippen molar-refractivity contribution in [1.29, 1.82) is 0 Å². The molecule has 0 bridgehead atoms. The summed E-state index contributed by atoms with van der Waals surface area (Å²) in [6.45, 7) is 3.93. The van der Waals surface area contributed by atoms with Crippen LogP contribution in [0.3, 0.4) is 0 Å². The second-order valence-corrected chi connectivity index (χ2v) is 5.00. The Morgan fingerprint density at radius 2 is 2.10 bits per heavy atom. The Kier molecular flexibility index (Phi) is 4.87. The monoisotopic (exact) mass is 284 g/mol. The molecule has 0 fully saturated rings. The van der Waals surface area contributed by atoms with E-state index in [2.05, 4.69) is 20.6 Å². The first-order valence-corrected chi connectivity index (χ1v) is 6.96. The van der Waals surface area contributed by atoms with E-state index in [1.54, 1.807) is 25.4 Å². The number of carbonyl (C=O) groups is 1. The van der Waals surface area contributed by atoms with E-state index in [0.717, 1.165) is 11.4 Å². The van der Waals surface area contributed by atoms with E-state index in [-0.39, 0.29) is 11.9 Å². The molecule has 2 aromatic rings. The maximum atomic E-state index is 12.3. The lowest BCUT2D eigenvalue weighted by Gasteiger charge is -2.15. The summed E-state index contributed by atoms with van der Waals surface area (Å²) in [5, 5.41) is 5.90. The zero-order valence-electron chi connectivity index (χ0n) is 12.6. The molecule has 21 heavy (non-hydrogen) atoms. The summed E-state index contributed by atoms with van der Waals surface area (Å²) in [5.74, 6) is 0.448. The summed E-state index contributed by atoms with van der Waals surface area (Å²) in [6.07, 6.45) is 2.35. The topological polar surface area (TPSA) is 66.9 Å². The first-order chi connectivity index (χ1) is 10.1. The van der Waals surface area contributed by atoms with Crippen molar-refractivity contribution in [3.8, 4) is 0 Å². The van der Waals surface area contributed by atoms with E-state index >= 15 is 0 Å². The molecule has 5 nitrogen and oxygen atoms in total. The lowest BCUT2D eigenvalue weighted by molar-refractivity contribution is 0.0940. The molecule has 110 valence electrons. The standard InChI is InChI=1S/C16H20N4O/c1-11-6-4-7-13(19-11)10-12(2)20-16(21)14-8-5-9-18-15(14)17-3/h4-9,12H,10H2,1-3H3,(H,17,18)(H,20,21). The largest absolute Gasteiger partial charge is 0.372 e. The third-order valence-electron chi connectivity index (χ3n) is 3.13. The first kappa shape index (κ1) is 15.0. The van der Waals surface area contributed by atoms with Crippen LogP contribution in [0.15, 0.2) is 36.5 Å². The summed E-state index contributed by atoms with van der Waals surface area (Å²) in [5.41, 5.74) is 2.50. The van der Waals surface area contributed by atoms with Crippen LogP contribution in [0.25, 0.3) is 0 Å². The molecule has 2 N–H and O–H groups in total. The summed E-state index contributed by atoms with van der Waals surface area (Å²) in [7, 11) is 1.75. The highest BCUT2D eigenvalue weighted by Gasteiger charge is 2.14. The van der Waals surface area contributed by atoms with E-state index in [4.69, 9.17) is 0 Å². The molecule has 0 saturated heterocycles. The van der Waals surface area contributed by atoms with Gasteiger partial charge in [0, 0.05) is 37.1 Å². The van der Waals surface area contributed by atoms with Crippen LogP contribution in [0.1, 0.15) is 28.7 Å². The van der Waals surface area contributed by atoms with Crippen molar-refractivity contribution in [2.45, 2.75) is 26.3 Å². The second-order valence-electron chi connectivity index (χ2n) is 5.00. The Hall–Kier alpha value is -2.43. The molecule has 0 aliphatic heterocycles. The normalized spacial score (nSPS) is 11.8. The van der Waals surface area contributed by atoms with Crippen LogP contribution < -0.4 is 10.6 Å². The summed E-state index contributed by atoms with van der Waals surface area (Å²) in [4.78, 5) is 20.9. The van der Waals surface area contributed by atoms with Gasteiger partial charge in [-0.25, -0.2) is 4.98 Å². The van der Waals surface area contributed by atoms with Gasteiger partial charge in [-0.05, 0) is 38.1 Å². The number of rotatable bonds is 5. The zero-order chi connectivity index (χ0) is 15.2.